The Morgan fingerprint density at radius 1 is 1.13 bits per heavy atom. The van der Waals surface area contributed by atoms with Crippen LogP contribution in [0.15, 0.2) is 41.8 Å². The minimum atomic E-state index is -0.385. The molecule has 0 spiro atoms. The van der Waals surface area contributed by atoms with Gasteiger partial charge >= 0.3 is 12.1 Å². The van der Waals surface area contributed by atoms with Crippen molar-refractivity contribution >= 4 is 40.8 Å². The lowest BCUT2D eigenvalue weighted by Gasteiger charge is -2.35. The minimum absolute atomic E-state index is 0.00403. The predicted molar refractivity (Wildman–Crippen MR) is 146 cm³/mol. The number of anilines is 1. The quantitative estimate of drug-likeness (QED) is 0.194. The largest absolute Gasteiger partial charge is 0.466 e. The van der Waals surface area contributed by atoms with E-state index in [9.17, 15) is 14.4 Å². The lowest BCUT2D eigenvalue weighted by molar-refractivity contribution is -0.144. The summed E-state index contributed by atoms with van der Waals surface area (Å²) in [5, 5.41) is 12.6. The number of nitrogens with zero attached hydrogens (tertiary/aromatic N) is 3. The molecule has 2 aliphatic heterocycles. The van der Waals surface area contributed by atoms with E-state index in [0.29, 0.717) is 48.8 Å². The van der Waals surface area contributed by atoms with Crippen molar-refractivity contribution in [3.8, 4) is 0 Å². The predicted octanol–water partition coefficient (Wildman–Crippen LogP) is 3.18. The summed E-state index contributed by atoms with van der Waals surface area (Å²) in [5.74, 6) is -0.443. The number of unbranched alkanes of at least 4 members (excludes halogenated alkanes) is 1. The van der Waals surface area contributed by atoms with Crippen LogP contribution in [0.2, 0.25) is 0 Å². The summed E-state index contributed by atoms with van der Waals surface area (Å²) in [7, 11) is 0. The first-order valence-corrected chi connectivity index (χ1v) is 13.9. The van der Waals surface area contributed by atoms with Crippen molar-refractivity contribution in [1.29, 1.82) is 5.41 Å². The lowest BCUT2D eigenvalue weighted by atomic mass is 10.1. The maximum atomic E-state index is 12.6. The van der Waals surface area contributed by atoms with E-state index in [1.165, 1.54) is 11.3 Å². The molecular formula is C27H35N5O5S. The van der Waals surface area contributed by atoms with E-state index in [0.717, 1.165) is 39.0 Å². The third kappa shape index (κ3) is 7.62. The van der Waals surface area contributed by atoms with Gasteiger partial charge in [-0.1, -0.05) is 19.4 Å². The Bertz CT molecular complexity index is 1100. The van der Waals surface area contributed by atoms with E-state index in [4.69, 9.17) is 14.9 Å². The first-order chi connectivity index (χ1) is 18.4. The molecule has 2 N–H and O–H groups in total. The molecule has 2 saturated heterocycles. The third-order valence-electron chi connectivity index (χ3n) is 6.65. The number of thiophene rings is 1. The van der Waals surface area contributed by atoms with E-state index in [1.54, 1.807) is 41.3 Å². The highest BCUT2D eigenvalue weighted by atomic mass is 32.1. The molecule has 0 bridgehead atoms. The number of nitrogens with one attached hydrogen (secondary N) is 2. The molecule has 38 heavy (non-hydrogen) atoms. The number of esters is 1. The Hall–Kier alpha value is -3.28. The second-order valence-electron chi connectivity index (χ2n) is 9.44. The summed E-state index contributed by atoms with van der Waals surface area (Å²) < 4.78 is 10.9. The average Bonchev–Trinajstić information content (AvgIpc) is 3.59. The van der Waals surface area contributed by atoms with Gasteiger partial charge < -0.3 is 19.7 Å². The molecule has 0 radical (unpaired) electrons. The molecule has 2 aliphatic rings. The topological polar surface area (TPSA) is 115 Å². The molecule has 0 saturated carbocycles. The van der Waals surface area contributed by atoms with Crippen LogP contribution in [0.4, 0.5) is 10.5 Å². The molecular weight excluding hydrogens is 506 g/mol. The SMILES string of the molecule is CCCCOC(=O)CCN1CCN(CC2CN(c3ccc(C(=N)NC(=O)c4cccs4)cc3)C(=O)O2)CC1. The Morgan fingerprint density at radius 2 is 1.87 bits per heavy atom. The van der Waals surface area contributed by atoms with Gasteiger partial charge in [-0.05, 0) is 42.1 Å². The molecule has 10 nitrogen and oxygen atoms in total. The highest BCUT2D eigenvalue weighted by molar-refractivity contribution is 7.12. The highest BCUT2D eigenvalue weighted by Gasteiger charge is 2.34. The molecule has 204 valence electrons. The summed E-state index contributed by atoms with van der Waals surface area (Å²) >= 11 is 1.32. The summed E-state index contributed by atoms with van der Waals surface area (Å²) in [6.45, 7) is 7.83. The number of carbonyl (C=O) groups is 3. The second kappa shape index (κ2) is 13.5. The van der Waals surface area contributed by atoms with Crippen LogP contribution in [0.5, 0.6) is 0 Å². The first kappa shape index (κ1) is 27.7. The minimum Gasteiger partial charge on any atom is -0.466 e. The van der Waals surface area contributed by atoms with Crippen molar-refractivity contribution in [2.75, 3.05) is 57.3 Å². The molecule has 4 rings (SSSR count). The van der Waals surface area contributed by atoms with Crippen LogP contribution in [-0.2, 0) is 14.3 Å². The fourth-order valence-electron chi connectivity index (χ4n) is 4.43. The van der Waals surface area contributed by atoms with Gasteiger partial charge in [0, 0.05) is 50.5 Å². The van der Waals surface area contributed by atoms with Crippen LogP contribution in [0.3, 0.4) is 0 Å². The Labute approximate surface area is 227 Å². The zero-order valence-corrected chi connectivity index (χ0v) is 22.5. The molecule has 2 fully saturated rings. The van der Waals surface area contributed by atoms with Gasteiger partial charge in [0.15, 0.2) is 0 Å². The number of ether oxygens (including phenoxy) is 2. The number of amides is 2. The van der Waals surface area contributed by atoms with Crippen molar-refractivity contribution in [3.63, 3.8) is 0 Å². The maximum absolute atomic E-state index is 12.6. The van der Waals surface area contributed by atoms with Crippen molar-refractivity contribution in [2.45, 2.75) is 32.3 Å². The normalized spacial score (nSPS) is 18.3. The average molecular weight is 542 g/mol. The van der Waals surface area contributed by atoms with Crippen LogP contribution in [-0.4, -0.2) is 92.1 Å². The maximum Gasteiger partial charge on any atom is 0.414 e. The molecule has 1 aromatic carbocycles. The van der Waals surface area contributed by atoms with Crippen LogP contribution in [0.1, 0.15) is 41.4 Å². The van der Waals surface area contributed by atoms with E-state index in [2.05, 4.69) is 22.0 Å². The van der Waals surface area contributed by atoms with E-state index in [-0.39, 0.29) is 29.9 Å². The summed E-state index contributed by atoms with van der Waals surface area (Å²) in [5.41, 5.74) is 1.24. The third-order valence-corrected chi connectivity index (χ3v) is 7.51. The number of rotatable bonds is 11. The molecule has 1 atom stereocenters. The standard InChI is InChI=1S/C27H35N5O5S/c1-2-3-16-36-24(33)10-11-30-12-14-31(15-13-30)18-22-19-32(27(35)37-22)21-8-6-20(7-9-21)25(28)29-26(34)23-5-4-17-38-23/h4-9,17,22H,2-3,10-16,18-19H2,1H3,(H2,28,29,34). The molecule has 1 unspecified atom stereocenters. The highest BCUT2D eigenvalue weighted by Crippen LogP contribution is 2.23. The number of hydrogen-bond acceptors (Lipinski definition) is 9. The number of piperazine rings is 1. The zero-order chi connectivity index (χ0) is 26.9. The molecule has 2 aromatic rings. The Kier molecular flexibility index (Phi) is 9.85. The molecule has 1 aromatic heterocycles. The number of carbonyl (C=O) groups excluding carboxylic acids is 3. The van der Waals surface area contributed by atoms with Gasteiger partial charge in [-0.25, -0.2) is 4.79 Å². The number of amidine groups is 1. The smallest absolute Gasteiger partial charge is 0.414 e. The first-order valence-electron chi connectivity index (χ1n) is 13.0. The van der Waals surface area contributed by atoms with E-state index in [1.807, 2.05) is 5.38 Å². The van der Waals surface area contributed by atoms with Gasteiger partial charge in [0.25, 0.3) is 5.91 Å². The van der Waals surface area contributed by atoms with Crippen molar-refractivity contribution in [3.05, 3.63) is 52.2 Å². The van der Waals surface area contributed by atoms with Gasteiger partial charge in [-0.2, -0.15) is 0 Å². The Balaban J connectivity index is 1.19. The van der Waals surface area contributed by atoms with Gasteiger partial charge in [0.2, 0.25) is 0 Å². The molecule has 2 amide bonds. The molecule has 3 heterocycles. The number of benzene rings is 1. The second-order valence-corrected chi connectivity index (χ2v) is 10.4. The number of hydrogen-bond donors (Lipinski definition) is 2. The lowest BCUT2D eigenvalue weighted by Crippen LogP contribution is -2.49. The van der Waals surface area contributed by atoms with Gasteiger partial charge in [0.05, 0.1) is 24.4 Å². The molecule has 0 aliphatic carbocycles. The van der Waals surface area contributed by atoms with Crippen molar-refractivity contribution in [1.82, 2.24) is 15.1 Å². The van der Waals surface area contributed by atoms with Gasteiger partial charge in [0.1, 0.15) is 11.9 Å². The zero-order valence-electron chi connectivity index (χ0n) is 21.7. The van der Waals surface area contributed by atoms with Crippen molar-refractivity contribution in [2.24, 2.45) is 0 Å². The summed E-state index contributed by atoms with van der Waals surface area (Å²) in [6.07, 6.45) is 1.71. The number of cyclic esters (lactones) is 1. The van der Waals surface area contributed by atoms with Crippen LogP contribution in [0, 0.1) is 5.41 Å². The van der Waals surface area contributed by atoms with E-state index < -0.39 is 0 Å². The Morgan fingerprint density at radius 3 is 2.55 bits per heavy atom. The van der Waals surface area contributed by atoms with Crippen LogP contribution >= 0.6 is 11.3 Å². The fraction of sp³-hybridized carbons (Fsp3) is 0.481. The fourth-order valence-corrected chi connectivity index (χ4v) is 5.04. The molecule has 11 heteroatoms. The summed E-state index contributed by atoms with van der Waals surface area (Å²) in [6, 6.07) is 10.4. The van der Waals surface area contributed by atoms with E-state index >= 15 is 0 Å². The van der Waals surface area contributed by atoms with Crippen LogP contribution < -0.4 is 10.2 Å². The monoisotopic (exact) mass is 541 g/mol. The summed E-state index contributed by atoms with van der Waals surface area (Å²) in [4.78, 5) is 43.3. The van der Waals surface area contributed by atoms with Crippen molar-refractivity contribution < 1.29 is 23.9 Å². The van der Waals surface area contributed by atoms with Gasteiger partial charge in [-0.3, -0.25) is 24.8 Å². The van der Waals surface area contributed by atoms with Crippen LogP contribution in [0.25, 0.3) is 0 Å². The van der Waals surface area contributed by atoms with Gasteiger partial charge in [-0.15, -0.1) is 11.3 Å².